The van der Waals surface area contributed by atoms with Crippen molar-refractivity contribution in [3.63, 3.8) is 0 Å². The third kappa shape index (κ3) is 3.93. The largest absolute Gasteiger partial charge is 0.392 e. The highest BCUT2D eigenvalue weighted by molar-refractivity contribution is 5.11. The van der Waals surface area contributed by atoms with Gasteiger partial charge in [-0.2, -0.15) is 0 Å². The molecule has 0 unspecified atom stereocenters. The third-order valence-electron chi connectivity index (χ3n) is 7.03. The van der Waals surface area contributed by atoms with Crippen molar-refractivity contribution in [3.8, 4) is 0 Å². The number of aliphatic hydroxyl groups excluding tert-OH is 1. The molecule has 1 N–H and O–H groups in total. The van der Waals surface area contributed by atoms with Crippen molar-refractivity contribution >= 4 is 0 Å². The number of hydrogen-bond donors (Lipinski definition) is 1. The van der Waals surface area contributed by atoms with E-state index < -0.39 is 0 Å². The Labute approximate surface area is 143 Å². The number of fused-ring (bicyclic) bond motifs is 2. The lowest BCUT2D eigenvalue weighted by Crippen LogP contribution is -2.38. The number of rotatable bonds is 10. The van der Waals surface area contributed by atoms with E-state index in [4.69, 9.17) is 4.74 Å². The van der Waals surface area contributed by atoms with Gasteiger partial charge in [0.25, 0.3) is 0 Å². The molecule has 23 heavy (non-hydrogen) atoms. The molecule has 0 aliphatic heterocycles. The smallest absolute Gasteiger partial charge is 0.0689 e. The van der Waals surface area contributed by atoms with Crippen LogP contribution in [0.2, 0.25) is 0 Å². The zero-order valence-corrected chi connectivity index (χ0v) is 16.1. The van der Waals surface area contributed by atoms with Crippen LogP contribution in [0.15, 0.2) is 0 Å². The summed E-state index contributed by atoms with van der Waals surface area (Å²) >= 11 is 0. The van der Waals surface area contributed by atoms with Crippen LogP contribution in [-0.2, 0) is 4.74 Å². The zero-order chi connectivity index (χ0) is 17.1. The Kier molecular flexibility index (Phi) is 6.55. The van der Waals surface area contributed by atoms with Gasteiger partial charge in [0.1, 0.15) is 0 Å². The molecule has 2 saturated carbocycles. The molecule has 3 heteroatoms. The molecule has 0 spiro atoms. The first kappa shape index (κ1) is 19.2. The van der Waals surface area contributed by atoms with Gasteiger partial charge in [-0.25, -0.2) is 0 Å². The maximum absolute atomic E-state index is 10.3. The molecule has 0 amide bonds. The molecule has 2 bridgehead atoms. The second-order valence-electron chi connectivity index (χ2n) is 8.71. The summed E-state index contributed by atoms with van der Waals surface area (Å²) in [5.74, 6) is 0.826. The molecule has 0 heterocycles. The van der Waals surface area contributed by atoms with E-state index >= 15 is 0 Å². The van der Waals surface area contributed by atoms with Crippen molar-refractivity contribution < 1.29 is 9.84 Å². The molecule has 2 aliphatic carbocycles. The van der Waals surface area contributed by atoms with Crippen LogP contribution in [0.4, 0.5) is 0 Å². The van der Waals surface area contributed by atoms with Crippen LogP contribution in [0.25, 0.3) is 0 Å². The van der Waals surface area contributed by atoms with Gasteiger partial charge in [0, 0.05) is 13.2 Å². The third-order valence-corrected chi connectivity index (χ3v) is 7.03. The van der Waals surface area contributed by atoms with Gasteiger partial charge in [-0.15, -0.1) is 0 Å². The maximum Gasteiger partial charge on any atom is 0.0689 e. The van der Waals surface area contributed by atoms with Gasteiger partial charge in [0.15, 0.2) is 0 Å². The van der Waals surface area contributed by atoms with Crippen LogP contribution in [0.5, 0.6) is 0 Å². The molecule has 2 aliphatic rings. The Morgan fingerprint density at radius 1 is 1.17 bits per heavy atom. The van der Waals surface area contributed by atoms with Crippen molar-refractivity contribution in [2.45, 2.75) is 85.4 Å². The van der Waals surface area contributed by atoms with Gasteiger partial charge in [-0.1, -0.05) is 34.6 Å². The topological polar surface area (TPSA) is 32.7 Å². The summed E-state index contributed by atoms with van der Waals surface area (Å²) in [7, 11) is 0. The van der Waals surface area contributed by atoms with Crippen molar-refractivity contribution in [1.82, 2.24) is 4.90 Å². The molecule has 0 aromatic rings. The summed E-state index contributed by atoms with van der Waals surface area (Å²) in [6, 6.07) is 0. The van der Waals surface area contributed by atoms with E-state index in [1.165, 1.54) is 19.3 Å². The average molecular weight is 326 g/mol. The van der Waals surface area contributed by atoms with Crippen molar-refractivity contribution in [1.29, 1.82) is 0 Å². The highest BCUT2D eigenvalue weighted by Gasteiger charge is 2.61. The van der Waals surface area contributed by atoms with E-state index in [0.717, 1.165) is 44.8 Å². The zero-order valence-electron chi connectivity index (χ0n) is 16.1. The number of aliphatic hydroxyl groups is 1. The number of hydrogen-bond acceptors (Lipinski definition) is 3. The first-order valence-corrected chi connectivity index (χ1v) is 9.87. The van der Waals surface area contributed by atoms with E-state index in [9.17, 15) is 5.11 Å². The average Bonchev–Trinajstić information content (AvgIpc) is 2.81. The molecule has 136 valence electrons. The first-order chi connectivity index (χ1) is 10.8. The minimum atomic E-state index is -0.257. The SMILES string of the molecule is CCCN(CCC)C[C@@H](O)CCO[C@H]1C[C@H]2CC[C@@]1(C)C2(C)C. The van der Waals surface area contributed by atoms with Gasteiger partial charge in [-0.3, -0.25) is 0 Å². The van der Waals surface area contributed by atoms with Gasteiger partial charge >= 0.3 is 0 Å². The summed E-state index contributed by atoms with van der Waals surface area (Å²) in [5, 5.41) is 10.3. The summed E-state index contributed by atoms with van der Waals surface area (Å²) < 4.78 is 6.27. The number of nitrogens with zero attached hydrogens (tertiary/aromatic N) is 1. The summed E-state index contributed by atoms with van der Waals surface area (Å²) in [6.45, 7) is 15.4. The molecular formula is C20H39NO2. The molecular weight excluding hydrogens is 286 g/mol. The lowest BCUT2D eigenvalue weighted by molar-refractivity contribution is -0.0564. The fourth-order valence-electron chi connectivity index (χ4n) is 5.04. The lowest BCUT2D eigenvalue weighted by atomic mass is 9.70. The molecule has 0 aromatic carbocycles. The quantitative estimate of drug-likeness (QED) is 0.656. The monoisotopic (exact) mass is 325 g/mol. The Hall–Kier alpha value is -0.120. The van der Waals surface area contributed by atoms with E-state index in [0.29, 0.717) is 23.5 Å². The van der Waals surface area contributed by atoms with Gasteiger partial charge < -0.3 is 14.7 Å². The van der Waals surface area contributed by atoms with E-state index in [-0.39, 0.29) is 6.10 Å². The fraction of sp³-hybridized carbons (Fsp3) is 1.00. The number of ether oxygens (including phenoxy) is 1. The highest BCUT2D eigenvalue weighted by atomic mass is 16.5. The second-order valence-corrected chi connectivity index (χ2v) is 8.71. The van der Waals surface area contributed by atoms with Crippen LogP contribution < -0.4 is 0 Å². The van der Waals surface area contributed by atoms with Crippen molar-refractivity contribution in [2.24, 2.45) is 16.7 Å². The molecule has 2 rings (SSSR count). The lowest BCUT2D eigenvalue weighted by Gasteiger charge is -2.39. The first-order valence-electron chi connectivity index (χ1n) is 9.87. The summed E-state index contributed by atoms with van der Waals surface area (Å²) in [4.78, 5) is 2.38. The molecule has 4 atom stereocenters. The molecule has 0 radical (unpaired) electrons. The van der Waals surface area contributed by atoms with Crippen LogP contribution in [0, 0.1) is 16.7 Å². The van der Waals surface area contributed by atoms with Crippen LogP contribution in [0.3, 0.4) is 0 Å². The Balaban J connectivity index is 1.73. The maximum atomic E-state index is 10.3. The van der Waals surface area contributed by atoms with Crippen LogP contribution >= 0.6 is 0 Å². The summed E-state index contributed by atoms with van der Waals surface area (Å²) in [6.07, 6.45) is 7.10. The van der Waals surface area contributed by atoms with Crippen LogP contribution in [0.1, 0.15) is 73.1 Å². The van der Waals surface area contributed by atoms with E-state index in [1.807, 2.05) is 0 Å². The van der Waals surface area contributed by atoms with Gasteiger partial charge in [0.05, 0.1) is 12.2 Å². The molecule has 2 fully saturated rings. The molecule has 3 nitrogen and oxygen atoms in total. The van der Waals surface area contributed by atoms with Gasteiger partial charge in [0.2, 0.25) is 0 Å². The predicted octanol–water partition coefficient (Wildman–Crippen LogP) is 4.09. The van der Waals surface area contributed by atoms with Crippen molar-refractivity contribution in [2.75, 3.05) is 26.2 Å². The Bertz CT molecular complexity index is 365. The van der Waals surface area contributed by atoms with E-state index in [2.05, 4.69) is 39.5 Å². The fourth-order valence-corrected chi connectivity index (χ4v) is 5.04. The van der Waals surface area contributed by atoms with Crippen molar-refractivity contribution in [3.05, 3.63) is 0 Å². The summed E-state index contributed by atoms with van der Waals surface area (Å²) in [5.41, 5.74) is 0.744. The molecule has 0 aromatic heterocycles. The predicted molar refractivity (Wildman–Crippen MR) is 96.6 cm³/mol. The molecule has 0 saturated heterocycles. The normalized spacial score (nSPS) is 33.5. The second kappa shape index (κ2) is 7.84. The van der Waals surface area contributed by atoms with Crippen LogP contribution in [-0.4, -0.2) is 48.5 Å². The van der Waals surface area contributed by atoms with E-state index in [1.54, 1.807) is 0 Å². The standard InChI is InChI=1S/C20H39NO2/c1-6-11-21(12-7-2)15-17(22)9-13-23-18-14-16-8-10-20(18,5)19(16,3)4/h16-18,22H,6-15H2,1-5H3/t16-,17+,18+,20-/m1/s1. The Morgan fingerprint density at radius 3 is 2.30 bits per heavy atom. The van der Waals surface area contributed by atoms with Gasteiger partial charge in [-0.05, 0) is 68.4 Å². The Morgan fingerprint density at radius 2 is 1.83 bits per heavy atom. The highest BCUT2D eigenvalue weighted by Crippen LogP contribution is 2.66. The minimum Gasteiger partial charge on any atom is -0.392 e. The minimum absolute atomic E-state index is 0.257.